The topological polar surface area (TPSA) is 66.4 Å². The molecule has 4 nitrogen and oxygen atoms in total. The molecule has 6 heteroatoms. The fourth-order valence-electron chi connectivity index (χ4n) is 1.83. The van der Waals surface area contributed by atoms with Crippen molar-refractivity contribution in [3.05, 3.63) is 42.5 Å². The van der Waals surface area contributed by atoms with Crippen LogP contribution in [-0.4, -0.2) is 17.1 Å². The van der Waals surface area contributed by atoms with Gasteiger partial charge < -0.3 is 5.11 Å². The summed E-state index contributed by atoms with van der Waals surface area (Å²) in [6.07, 6.45) is 0. The molecule has 0 aliphatic heterocycles. The minimum atomic E-state index is -3.46. The Morgan fingerprint density at radius 3 is 2.58 bits per heavy atom. The molecule has 0 saturated heterocycles. The van der Waals surface area contributed by atoms with Gasteiger partial charge in [0.15, 0.2) is 0 Å². The molecular weight excluding hydrogens is 285 g/mol. The maximum atomic E-state index is 12.5. The van der Waals surface area contributed by atoms with Crippen molar-refractivity contribution in [1.82, 2.24) is 5.09 Å². The van der Waals surface area contributed by atoms with E-state index in [0.29, 0.717) is 5.30 Å². The lowest BCUT2D eigenvalue weighted by atomic mass is 10.1. The minimum Gasteiger partial charge on any atom is -0.480 e. The highest BCUT2D eigenvalue weighted by molar-refractivity contribution is 7.93. The van der Waals surface area contributed by atoms with Crippen LogP contribution in [0.5, 0.6) is 0 Å². The van der Waals surface area contributed by atoms with Crippen LogP contribution in [0.3, 0.4) is 0 Å². The minimum absolute atomic E-state index is 0.431. The molecule has 0 bridgehead atoms. The number of rotatable bonds is 4. The molecular formula is C13H13ClNO3P. The van der Waals surface area contributed by atoms with E-state index in [9.17, 15) is 9.36 Å². The van der Waals surface area contributed by atoms with Crippen LogP contribution in [0.25, 0.3) is 10.8 Å². The Kier molecular flexibility index (Phi) is 3.95. The van der Waals surface area contributed by atoms with Gasteiger partial charge in [-0.15, -0.1) is 0 Å². The lowest BCUT2D eigenvalue weighted by Gasteiger charge is -2.17. The maximum Gasteiger partial charge on any atom is 0.320 e. The SMILES string of the molecule is CC(NP(=O)(Cl)c1cccc2ccccc12)C(=O)O. The summed E-state index contributed by atoms with van der Waals surface area (Å²) in [7, 11) is 0. The Bertz CT molecular complexity index is 668. The van der Waals surface area contributed by atoms with Crippen molar-refractivity contribution in [2.45, 2.75) is 13.0 Å². The van der Waals surface area contributed by atoms with Crippen LogP contribution >= 0.6 is 17.9 Å². The molecule has 0 radical (unpaired) electrons. The molecule has 0 aliphatic carbocycles. The van der Waals surface area contributed by atoms with Gasteiger partial charge in [-0.3, -0.25) is 9.36 Å². The first-order valence-corrected chi connectivity index (χ1v) is 8.31. The van der Waals surface area contributed by atoms with Crippen molar-refractivity contribution in [3.8, 4) is 0 Å². The van der Waals surface area contributed by atoms with Crippen molar-refractivity contribution in [2.24, 2.45) is 0 Å². The third kappa shape index (κ3) is 2.98. The van der Waals surface area contributed by atoms with E-state index < -0.39 is 18.7 Å². The first kappa shape index (κ1) is 14.1. The highest BCUT2D eigenvalue weighted by Gasteiger charge is 2.28. The zero-order chi connectivity index (χ0) is 14.0. The normalized spacial score (nSPS) is 15.9. The molecule has 2 atom stereocenters. The van der Waals surface area contributed by atoms with Crippen molar-refractivity contribution in [1.29, 1.82) is 0 Å². The summed E-state index contributed by atoms with van der Waals surface area (Å²) in [6, 6.07) is 11.7. The molecule has 0 aliphatic rings. The zero-order valence-electron chi connectivity index (χ0n) is 10.2. The van der Waals surface area contributed by atoms with Gasteiger partial charge in [-0.25, -0.2) is 5.09 Å². The predicted molar refractivity (Wildman–Crippen MR) is 77.3 cm³/mol. The Balaban J connectivity index is 2.49. The van der Waals surface area contributed by atoms with Crippen LogP contribution in [0.15, 0.2) is 42.5 Å². The van der Waals surface area contributed by atoms with Crippen molar-refractivity contribution >= 4 is 39.9 Å². The molecule has 0 amide bonds. The maximum absolute atomic E-state index is 12.5. The number of aliphatic carboxylic acids is 1. The molecule has 2 unspecified atom stereocenters. The summed E-state index contributed by atoms with van der Waals surface area (Å²) in [5.74, 6) is -1.10. The Hall–Kier alpha value is -1.35. The standard InChI is InChI=1S/C13H13ClNO3P/c1-9(13(16)17)15-19(14,18)12-8-4-6-10-5-2-3-7-11(10)12/h2-9H,1H3,(H,15,18)(H,16,17). The first-order chi connectivity index (χ1) is 8.92. The number of carbonyl (C=O) groups is 1. The fourth-order valence-corrected chi connectivity index (χ4v) is 4.25. The average molecular weight is 298 g/mol. The van der Waals surface area contributed by atoms with Crippen molar-refractivity contribution in [3.63, 3.8) is 0 Å². The van der Waals surface area contributed by atoms with E-state index in [-0.39, 0.29) is 0 Å². The Morgan fingerprint density at radius 2 is 1.89 bits per heavy atom. The second kappa shape index (κ2) is 5.33. The zero-order valence-corrected chi connectivity index (χ0v) is 11.9. The number of hydrogen-bond acceptors (Lipinski definition) is 2. The smallest absolute Gasteiger partial charge is 0.320 e. The summed E-state index contributed by atoms with van der Waals surface area (Å²) in [6.45, 7) is -2.05. The first-order valence-electron chi connectivity index (χ1n) is 5.70. The average Bonchev–Trinajstić information content (AvgIpc) is 2.37. The highest BCUT2D eigenvalue weighted by Crippen LogP contribution is 2.47. The van der Waals surface area contributed by atoms with E-state index in [4.69, 9.17) is 16.3 Å². The van der Waals surface area contributed by atoms with Gasteiger partial charge in [0, 0.05) is 5.30 Å². The van der Waals surface area contributed by atoms with Gasteiger partial charge in [-0.2, -0.15) is 0 Å². The highest BCUT2D eigenvalue weighted by atomic mass is 35.7. The van der Waals surface area contributed by atoms with Gasteiger partial charge in [-0.05, 0) is 35.0 Å². The van der Waals surface area contributed by atoms with Crippen LogP contribution in [0.2, 0.25) is 0 Å². The number of nitrogens with one attached hydrogen (secondary N) is 1. The quantitative estimate of drug-likeness (QED) is 0.852. The van der Waals surface area contributed by atoms with Crippen molar-refractivity contribution < 1.29 is 14.5 Å². The molecule has 0 fully saturated rings. The molecule has 2 aromatic carbocycles. The van der Waals surface area contributed by atoms with E-state index in [2.05, 4.69) is 5.09 Å². The van der Waals surface area contributed by atoms with Crippen LogP contribution in [0, 0.1) is 0 Å². The third-order valence-electron chi connectivity index (χ3n) is 2.81. The molecule has 2 N–H and O–H groups in total. The number of benzene rings is 2. The summed E-state index contributed by atoms with van der Waals surface area (Å²) >= 11 is 6.06. The second-order valence-electron chi connectivity index (χ2n) is 4.22. The number of carboxylic acid groups (broad SMARTS) is 1. The van der Waals surface area contributed by atoms with Crippen LogP contribution in [-0.2, 0) is 9.36 Å². The van der Waals surface area contributed by atoms with Gasteiger partial charge in [0.05, 0.1) is 0 Å². The van der Waals surface area contributed by atoms with Crippen LogP contribution < -0.4 is 10.4 Å². The molecule has 2 rings (SSSR count). The monoisotopic (exact) mass is 297 g/mol. The molecule has 0 saturated carbocycles. The number of hydrogen-bond donors (Lipinski definition) is 2. The predicted octanol–water partition coefficient (Wildman–Crippen LogP) is 2.96. The molecule has 19 heavy (non-hydrogen) atoms. The molecule has 100 valence electrons. The van der Waals surface area contributed by atoms with E-state index in [1.165, 1.54) is 6.92 Å². The van der Waals surface area contributed by atoms with Gasteiger partial charge in [0.25, 0.3) is 6.65 Å². The molecule has 0 spiro atoms. The van der Waals surface area contributed by atoms with Gasteiger partial charge in [0.2, 0.25) is 0 Å². The van der Waals surface area contributed by atoms with Crippen molar-refractivity contribution in [2.75, 3.05) is 0 Å². The second-order valence-corrected chi connectivity index (χ2v) is 7.45. The van der Waals surface area contributed by atoms with Gasteiger partial charge in [0.1, 0.15) is 6.04 Å². The fraction of sp³-hybridized carbons (Fsp3) is 0.154. The molecule has 0 heterocycles. The largest absolute Gasteiger partial charge is 0.480 e. The van der Waals surface area contributed by atoms with Crippen LogP contribution in [0.4, 0.5) is 0 Å². The number of fused-ring (bicyclic) bond motifs is 1. The van der Waals surface area contributed by atoms with Gasteiger partial charge >= 0.3 is 5.97 Å². The lowest BCUT2D eigenvalue weighted by Crippen LogP contribution is -2.32. The summed E-state index contributed by atoms with van der Waals surface area (Å²) in [5, 5.41) is 13.4. The summed E-state index contributed by atoms with van der Waals surface area (Å²) in [4.78, 5) is 10.8. The molecule has 2 aromatic rings. The number of halogens is 1. The van der Waals surface area contributed by atoms with E-state index >= 15 is 0 Å². The van der Waals surface area contributed by atoms with E-state index in [1.54, 1.807) is 12.1 Å². The number of carboxylic acids is 1. The van der Waals surface area contributed by atoms with E-state index in [0.717, 1.165) is 10.8 Å². The summed E-state index contributed by atoms with van der Waals surface area (Å²) < 4.78 is 12.5. The van der Waals surface area contributed by atoms with Gasteiger partial charge in [-0.1, -0.05) is 36.4 Å². The lowest BCUT2D eigenvalue weighted by molar-refractivity contribution is -0.138. The molecule has 0 aromatic heterocycles. The third-order valence-corrected chi connectivity index (χ3v) is 5.37. The summed E-state index contributed by atoms with van der Waals surface area (Å²) in [5.41, 5.74) is 0. The Morgan fingerprint density at radius 1 is 1.26 bits per heavy atom. The van der Waals surface area contributed by atoms with Crippen LogP contribution in [0.1, 0.15) is 6.92 Å². The Labute approximate surface area is 115 Å². The van der Waals surface area contributed by atoms with E-state index in [1.807, 2.05) is 30.3 Å².